The van der Waals surface area contributed by atoms with Crippen molar-refractivity contribution >= 4 is 39.3 Å². The highest BCUT2D eigenvalue weighted by Crippen LogP contribution is 2.27. The van der Waals surface area contributed by atoms with Crippen LogP contribution in [0.1, 0.15) is 11.1 Å². The van der Waals surface area contributed by atoms with Crippen LogP contribution in [0.25, 0.3) is 11.4 Å². The number of nitrogens with zero attached hydrogens (tertiary/aromatic N) is 3. The van der Waals surface area contributed by atoms with E-state index in [0.717, 1.165) is 38.4 Å². The minimum Gasteiger partial charge on any atom is -0.497 e. The number of nitrogens with one attached hydrogen (secondary N) is 1. The molecule has 30 heavy (non-hydrogen) atoms. The third-order valence-electron chi connectivity index (χ3n) is 4.47. The Hall–Kier alpha value is -2.58. The number of aryl methyl sites for hydroxylation is 2. The summed E-state index contributed by atoms with van der Waals surface area (Å²) in [7, 11) is 1.63. The van der Waals surface area contributed by atoms with Crippen molar-refractivity contribution in [2.45, 2.75) is 25.5 Å². The lowest BCUT2D eigenvalue weighted by Gasteiger charge is -2.12. The monoisotopic (exact) mass is 486 g/mol. The number of allylic oxidation sites excluding steroid dienone is 1. The lowest BCUT2D eigenvalue weighted by atomic mass is 10.1. The minimum atomic E-state index is -0.0901. The first-order valence-corrected chi connectivity index (χ1v) is 11.1. The largest absolute Gasteiger partial charge is 0.497 e. The number of amides is 1. The second-order valence-electron chi connectivity index (χ2n) is 6.69. The molecular weight excluding hydrogens is 464 g/mol. The first-order valence-electron chi connectivity index (χ1n) is 9.31. The molecule has 0 aliphatic carbocycles. The van der Waals surface area contributed by atoms with E-state index in [9.17, 15) is 4.79 Å². The lowest BCUT2D eigenvalue weighted by molar-refractivity contribution is -0.113. The number of halogens is 1. The van der Waals surface area contributed by atoms with E-state index in [0.29, 0.717) is 11.7 Å². The van der Waals surface area contributed by atoms with Crippen LogP contribution in [0.2, 0.25) is 0 Å². The van der Waals surface area contributed by atoms with Gasteiger partial charge in [0.15, 0.2) is 11.0 Å². The molecular formula is C22H23BrN4O2S. The highest BCUT2D eigenvalue weighted by Gasteiger charge is 2.16. The summed E-state index contributed by atoms with van der Waals surface area (Å²) in [6, 6.07) is 11.6. The number of ether oxygens (including phenoxy) is 1. The SMILES string of the molecule is C=CCn1c(SCC(=O)Nc2c(C)cc(Br)cc2C)nnc1-c1ccc(OC)cc1. The summed E-state index contributed by atoms with van der Waals surface area (Å²) in [5.74, 6) is 1.64. The number of methoxy groups -OCH3 is 1. The molecule has 0 aliphatic heterocycles. The lowest BCUT2D eigenvalue weighted by Crippen LogP contribution is -2.16. The van der Waals surface area contributed by atoms with Crippen molar-refractivity contribution in [1.29, 1.82) is 0 Å². The quantitative estimate of drug-likeness (QED) is 0.347. The van der Waals surface area contributed by atoms with E-state index in [2.05, 4.69) is 38.0 Å². The smallest absolute Gasteiger partial charge is 0.234 e. The molecule has 1 aromatic heterocycles. The van der Waals surface area contributed by atoms with E-state index in [4.69, 9.17) is 4.74 Å². The minimum absolute atomic E-state index is 0.0901. The molecule has 0 radical (unpaired) electrons. The van der Waals surface area contributed by atoms with Crippen LogP contribution in [-0.4, -0.2) is 33.5 Å². The number of aromatic nitrogens is 3. The average molecular weight is 487 g/mol. The van der Waals surface area contributed by atoms with E-state index >= 15 is 0 Å². The molecule has 0 saturated heterocycles. The van der Waals surface area contributed by atoms with Crippen LogP contribution in [0.5, 0.6) is 5.75 Å². The summed E-state index contributed by atoms with van der Waals surface area (Å²) in [6.07, 6.45) is 1.79. The Kier molecular flexibility index (Phi) is 7.33. The molecule has 6 nitrogen and oxygen atoms in total. The summed E-state index contributed by atoms with van der Waals surface area (Å²) < 4.78 is 8.16. The highest BCUT2D eigenvalue weighted by molar-refractivity contribution is 9.10. The fourth-order valence-electron chi connectivity index (χ4n) is 3.06. The Morgan fingerprint density at radius 3 is 2.50 bits per heavy atom. The van der Waals surface area contributed by atoms with Crippen LogP contribution in [0.15, 0.2) is 58.7 Å². The zero-order valence-electron chi connectivity index (χ0n) is 17.1. The van der Waals surface area contributed by atoms with Gasteiger partial charge in [0, 0.05) is 22.3 Å². The van der Waals surface area contributed by atoms with Crippen molar-refractivity contribution in [2.24, 2.45) is 0 Å². The van der Waals surface area contributed by atoms with Gasteiger partial charge < -0.3 is 10.1 Å². The molecule has 0 aliphatic rings. The number of benzene rings is 2. The van der Waals surface area contributed by atoms with E-state index in [1.54, 1.807) is 13.2 Å². The maximum atomic E-state index is 12.6. The van der Waals surface area contributed by atoms with Gasteiger partial charge in [-0.15, -0.1) is 16.8 Å². The number of carbonyl (C=O) groups is 1. The molecule has 0 fully saturated rings. The average Bonchev–Trinajstić information content (AvgIpc) is 3.12. The second kappa shape index (κ2) is 9.95. The van der Waals surface area contributed by atoms with Crippen molar-refractivity contribution in [2.75, 3.05) is 18.2 Å². The molecule has 1 amide bonds. The molecule has 0 bridgehead atoms. The molecule has 8 heteroatoms. The van der Waals surface area contributed by atoms with Crippen molar-refractivity contribution in [3.05, 3.63) is 64.7 Å². The van der Waals surface area contributed by atoms with Gasteiger partial charge in [0.25, 0.3) is 0 Å². The molecule has 0 atom stereocenters. The van der Waals surface area contributed by atoms with E-state index < -0.39 is 0 Å². The fraction of sp³-hybridized carbons (Fsp3) is 0.227. The number of rotatable bonds is 8. The van der Waals surface area contributed by atoms with Gasteiger partial charge in [-0.2, -0.15) is 0 Å². The Morgan fingerprint density at radius 1 is 1.23 bits per heavy atom. The molecule has 0 saturated carbocycles. The molecule has 0 spiro atoms. The number of carbonyl (C=O) groups excluding carboxylic acids is 1. The summed E-state index contributed by atoms with van der Waals surface area (Å²) in [5, 5.41) is 12.3. The fourth-order valence-corrected chi connectivity index (χ4v) is 4.49. The third-order valence-corrected chi connectivity index (χ3v) is 5.90. The topological polar surface area (TPSA) is 69.0 Å². The standard InChI is InChI=1S/C22H23BrN4O2S/c1-5-10-27-21(16-6-8-18(29-4)9-7-16)25-26-22(27)30-13-19(28)24-20-14(2)11-17(23)12-15(20)3/h5-9,11-12H,1,10,13H2,2-4H3,(H,24,28). The van der Waals surface area contributed by atoms with Gasteiger partial charge in [0.2, 0.25) is 5.91 Å². The summed E-state index contributed by atoms with van der Waals surface area (Å²) in [6.45, 7) is 8.32. The van der Waals surface area contributed by atoms with Gasteiger partial charge in [-0.1, -0.05) is 33.8 Å². The van der Waals surface area contributed by atoms with E-state index in [1.807, 2.05) is 54.8 Å². The first-order chi connectivity index (χ1) is 14.4. The maximum Gasteiger partial charge on any atom is 0.234 e. The van der Waals surface area contributed by atoms with Crippen LogP contribution >= 0.6 is 27.7 Å². The summed E-state index contributed by atoms with van der Waals surface area (Å²) in [5.41, 5.74) is 3.78. The first kappa shape index (κ1) is 22.1. The van der Waals surface area contributed by atoms with E-state index in [-0.39, 0.29) is 11.7 Å². The van der Waals surface area contributed by atoms with Crippen molar-refractivity contribution in [3.63, 3.8) is 0 Å². The number of hydrogen-bond acceptors (Lipinski definition) is 5. The second-order valence-corrected chi connectivity index (χ2v) is 8.54. The van der Waals surface area contributed by atoms with Gasteiger partial charge in [-0.25, -0.2) is 0 Å². The Bertz CT molecular complexity index is 1040. The molecule has 156 valence electrons. The highest BCUT2D eigenvalue weighted by atomic mass is 79.9. The summed E-state index contributed by atoms with van der Waals surface area (Å²) in [4.78, 5) is 12.6. The van der Waals surface area contributed by atoms with Crippen molar-refractivity contribution < 1.29 is 9.53 Å². The number of thioether (sulfide) groups is 1. The molecule has 3 aromatic rings. The van der Waals surface area contributed by atoms with Gasteiger partial charge >= 0.3 is 0 Å². The van der Waals surface area contributed by atoms with Gasteiger partial charge in [-0.3, -0.25) is 9.36 Å². The van der Waals surface area contributed by atoms with Crippen molar-refractivity contribution in [1.82, 2.24) is 14.8 Å². The van der Waals surface area contributed by atoms with Crippen LogP contribution in [0, 0.1) is 13.8 Å². The van der Waals surface area contributed by atoms with E-state index in [1.165, 1.54) is 11.8 Å². The van der Waals surface area contributed by atoms with Gasteiger partial charge in [0.1, 0.15) is 5.75 Å². The normalized spacial score (nSPS) is 10.7. The molecule has 1 heterocycles. The molecule has 2 aromatic carbocycles. The third kappa shape index (κ3) is 5.12. The zero-order valence-corrected chi connectivity index (χ0v) is 19.5. The Labute approximate surface area is 188 Å². The Balaban J connectivity index is 1.74. The molecule has 0 unspecified atom stereocenters. The van der Waals surface area contributed by atoms with Crippen LogP contribution in [-0.2, 0) is 11.3 Å². The molecule has 3 rings (SSSR count). The van der Waals surface area contributed by atoms with Gasteiger partial charge in [-0.05, 0) is 61.4 Å². The summed E-state index contributed by atoms with van der Waals surface area (Å²) >= 11 is 4.82. The van der Waals surface area contributed by atoms with Crippen LogP contribution in [0.3, 0.4) is 0 Å². The predicted octanol–water partition coefficient (Wildman–Crippen LogP) is 5.25. The van der Waals surface area contributed by atoms with Crippen LogP contribution in [0.4, 0.5) is 5.69 Å². The van der Waals surface area contributed by atoms with Gasteiger partial charge in [0.05, 0.1) is 12.9 Å². The van der Waals surface area contributed by atoms with Crippen molar-refractivity contribution in [3.8, 4) is 17.1 Å². The zero-order chi connectivity index (χ0) is 21.7. The Morgan fingerprint density at radius 2 is 1.90 bits per heavy atom. The number of hydrogen-bond donors (Lipinski definition) is 1. The van der Waals surface area contributed by atoms with Crippen LogP contribution < -0.4 is 10.1 Å². The number of anilines is 1. The predicted molar refractivity (Wildman–Crippen MR) is 125 cm³/mol. The molecule has 1 N–H and O–H groups in total. The maximum absolute atomic E-state index is 12.6.